The molecule has 3 atom stereocenters. The number of carbonyl (C=O) groups is 1. The Kier molecular flexibility index (Phi) is 5.71. The maximum Gasteiger partial charge on any atom is 0.234 e. The summed E-state index contributed by atoms with van der Waals surface area (Å²) in [4.78, 5) is 14.6. The lowest BCUT2D eigenvalue weighted by atomic mass is 9.80. The van der Waals surface area contributed by atoms with E-state index in [-0.39, 0.29) is 18.1 Å². The molecule has 3 rings (SSSR count). The van der Waals surface area contributed by atoms with Gasteiger partial charge in [0.15, 0.2) is 0 Å². The van der Waals surface area contributed by atoms with Crippen molar-refractivity contribution in [2.75, 3.05) is 26.3 Å². The van der Waals surface area contributed by atoms with Crippen molar-refractivity contribution in [1.82, 2.24) is 10.2 Å². The van der Waals surface area contributed by atoms with Gasteiger partial charge in [-0.05, 0) is 45.1 Å². The van der Waals surface area contributed by atoms with E-state index in [0.29, 0.717) is 18.5 Å². The first-order valence-corrected chi connectivity index (χ1v) is 9.03. The van der Waals surface area contributed by atoms with E-state index in [0.717, 1.165) is 64.7 Å². The molecule has 0 aromatic carbocycles. The van der Waals surface area contributed by atoms with Gasteiger partial charge in [0.1, 0.15) is 0 Å². The Bertz CT molecular complexity index is 371. The van der Waals surface area contributed by atoms with Gasteiger partial charge in [0, 0.05) is 31.2 Å². The third-order valence-corrected chi connectivity index (χ3v) is 5.62. The second-order valence-electron chi connectivity index (χ2n) is 7.15. The number of carbonyl (C=O) groups excluding carboxylic acids is 1. The lowest BCUT2D eigenvalue weighted by Gasteiger charge is -2.37. The van der Waals surface area contributed by atoms with Crippen LogP contribution in [-0.4, -0.2) is 60.4 Å². The number of rotatable bonds is 4. The summed E-state index contributed by atoms with van der Waals surface area (Å²) < 4.78 is 5.33. The minimum atomic E-state index is -0.169. The summed E-state index contributed by atoms with van der Waals surface area (Å²) >= 11 is 0. The average Bonchev–Trinajstić information content (AvgIpc) is 2.96. The molecule has 2 heterocycles. The van der Waals surface area contributed by atoms with E-state index in [9.17, 15) is 9.90 Å². The van der Waals surface area contributed by atoms with E-state index < -0.39 is 0 Å². The number of hydrogen-bond donors (Lipinski definition) is 2. The highest BCUT2D eigenvalue weighted by Crippen LogP contribution is 2.34. The minimum absolute atomic E-state index is 0.143. The highest BCUT2D eigenvalue weighted by molar-refractivity contribution is 5.78. The van der Waals surface area contributed by atoms with Gasteiger partial charge >= 0.3 is 0 Å². The third-order valence-electron chi connectivity index (χ3n) is 5.62. The van der Waals surface area contributed by atoms with Crippen molar-refractivity contribution in [2.45, 2.75) is 69.6 Å². The zero-order valence-electron chi connectivity index (χ0n) is 13.5. The SMILES string of the molecule is O=C(CN1CCC[C@@H]1[C@@H]1CCCC[C@@H]1O)NC1CCOCC1. The van der Waals surface area contributed by atoms with Crippen molar-refractivity contribution in [3.8, 4) is 0 Å². The molecule has 2 N–H and O–H groups in total. The second kappa shape index (κ2) is 7.75. The second-order valence-corrected chi connectivity index (χ2v) is 7.15. The van der Waals surface area contributed by atoms with Gasteiger partial charge in [0.2, 0.25) is 5.91 Å². The number of nitrogens with one attached hydrogen (secondary N) is 1. The smallest absolute Gasteiger partial charge is 0.234 e. The molecule has 1 saturated carbocycles. The van der Waals surface area contributed by atoms with Gasteiger partial charge in [-0.2, -0.15) is 0 Å². The first-order chi connectivity index (χ1) is 10.7. The van der Waals surface area contributed by atoms with Gasteiger partial charge in [-0.15, -0.1) is 0 Å². The van der Waals surface area contributed by atoms with Crippen molar-refractivity contribution in [3.63, 3.8) is 0 Å². The van der Waals surface area contributed by atoms with Crippen molar-refractivity contribution in [1.29, 1.82) is 0 Å². The fourth-order valence-electron chi connectivity index (χ4n) is 4.42. The monoisotopic (exact) mass is 310 g/mol. The Morgan fingerprint density at radius 2 is 1.86 bits per heavy atom. The first kappa shape index (κ1) is 16.2. The van der Waals surface area contributed by atoms with Crippen LogP contribution in [0.3, 0.4) is 0 Å². The Balaban J connectivity index is 1.50. The molecule has 2 saturated heterocycles. The van der Waals surface area contributed by atoms with Gasteiger partial charge in [-0.3, -0.25) is 9.69 Å². The van der Waals surface area contributed by atoms with Gasteiger partial charge in [0.05, 0.1) is 12.6 Å². The molecular formula is C17H30N2O3. The summed E-state index contributed by atoms with van der Waals surface area (Å²) in [6.45, 7) is 3.00. The predicted molar refractivity (Wildman–Crippen MR) is 84.5 cm³/mol. The van der Waals surface area contributed by atoms with E-state index in [2.05, 4.69) is 10.2 Å². The van der Waals surface area contributed by atoms with Gasteiger partial charge in [-0.25, -0.2) is 0 Å². The molecule has 0 aromatic rings. The van der Waals surface area contributed by atoms with E-state index in [4.69, 9.17) is 4.74 Å². The number of hydrogen-bond acceptors (Lipinski definition) is 4. The van der Waals surface area contributed by atoms with E-state index in [1.54, 1.807) is 0 Å². The standard InChI is InChI=1S/C17H30N2O3/c20-16-6-2-1-4-14(16)15-5-3-9-19(15)12-17(21)18-13-7-10-22-11-8-13/h13-16,20H,1-12H2,(H,18,21)/t14-,15+,16-/m0/s1. The molecule has 22 heavy (non-hydrogen) atoms. The lowest BCUT2D eigenvalue weighted by molar-refractivity contribution is -0.124. The third kappa shape index (κ3) is 4.00. The van der Waals surface area contributed by atoms with Crippen LogP contribution in [0.4, 0.5) is 0 Å². The summed E-state index contributed by atoms with van der Waals surface area (Å²) in [5.74, 6) is 0.510. The Morgan fingerprint density at radius 3 is 2.64 bits per heavy atom. The molecule has 0 radical (unpaired) electrons. The number of likely N-dealkylation sites (tertiary alicyclic amines) is 1. The zero-order chi connectivity index (χ0) is 15.4. The number of aliphatic hydroxyl groups is 1. The summed E-state index contributed by atoms with van der Waals surface area (Å²) in [5, 5.41) is 13.5. The van der Waals surface area contributed by atoms with E-state index >= 15 is 0 Å². The average molecular weight is 310 g/mol. The van der Waals surface area contributed by atoms with Crippen LogP contribution in [0.1, 0.15) is 51.4 Å². The number of nitrogens with zero attached hydrogens (tertiary/aromatic N) is 1. The van der Waals surface area contributed by atoms with Crippen molar-refractivity contribution in [2.24, 2.45) is 5.92 Å². The highest BCUT2D eigenvalue weighted by Gasteiger charge is 2.37. The quantitative estimate of drug-likeness (QED) is 0.821. The minimum Gasteiger partial charge on any atom is -0.393 e. The van der Waals surface area contributed by atoms with E-state index in [1.165, 1.54) is 6.42 Å². The predicted octanol–water partition coefficient (Wildman–Crippen LogP) is 1.30. The van der Waals surface area contributed by atoms with Gasteiger partial charge in [0.25, 0.3) is 0 Å². The molecule has 1 aliphatic carbocycles. The largest absolute Gasteiger partial charge is 0.393 e. The maximum atomic E-state index is 12.3. The van der Waals surface area contributed by atoms with E-state index in [1.807, 2.05) is 0 Å². The zero-order valence-corrected chi connectivity index (χ0v) is 13.5. The van der Waals surface area contributed by atoms with Crippen molar-refractivity contribution < 1.29 is 14.6 Å². The van der Waals surface area contributed by atoms with Gasteiger partial charge in [-0.1, -0.05) is 12.8 Å². The van der Waals surface area contributed by atoms with Gasteiger partial charge < -0.3 is 15.2 Å². The van der Waals surface area contributed by atoms with Crippen LogP contribution < -0.4 is 5.32 Å². The molecule has 126 valence electrons. The van der Waals surface area contributed by atoms with Crippen LogP contribution >= 0.6 is 0 Å². The Labute approximate surface area is 133 Å². The lowest BCUT2D eigenvalue weighted by Crippen LogP contribution is -2.48. The molecular weight excluding hydrogens is 280 g/mol. The molecule has 3 aliphatic rings. The van der Waals surface area contributed by atoms with Crippen molar-refractivity contribution >= 4 is 5.91 Å². The van der Waals surface area contributed by atoms with Crippen LogP contribution in [0.25, 0.3) is 0 Å². The molecule has 0 bridgehead atoms. The maximum absolute atomic E-state index is 12.3. The summed E-state index contributed by atoms with van der Waals surface area (Å²) in [6.07, 6.45) is 8.39. The molecule has 5 nitrogen and oxygen atoms in total. The molecule has 0 unspecified atom stereocenters. The molecule has 5 heteroatoms. The molecule has 3 fully saturated rings. The fourth-order valence-corrected chi connectivity index (χ4v) is 4.42. The summed E-state index contributed by atoms with van der Waals surface area (Å²) in [7, 11) is 0. The van der Waals surface area contributed by atoms with Crippen LogP contribution in [0.2, 0.25) is 0 Å². The first-order valence-electron chi connectivity index (χ1n) is 9.03. The molecule has 1 amide bonds. The van der Waals surface area contributed by atoms with Crippen LogP contribution in [0.5, 0.6) is 0 Å². The highest BCUT2D eigenvalue weighted by atomic mass is 16.5. The number of aliphatic hydroxyl groups excluding tert-OH is 1. The summed E-state index contributed by atoms with van der Waals surface area (Å²) in [5.41, 5.74) is 0. The molecule has 0 spiro atoms. The fraction of sp³-hybridized carbons (Fsp3) is 0.941. The van der Waals surface area contributed by atoms with Crippen LogP contribution in [-0.2, 0) is 9.53 Å². The number of ether oxygens (including phenoxy) is 1. The topological polar surface area (TPSA) is 61.8 Å². The molecule has 2 aliphatic heterocycles. The Hall–Kier alpha value is -0.650. The normalized spacial score (nSPS) is 34.7. The molecule has 0 aromatic heterocycles. The van der Waals surface area contributed by atoms with Crippen molar-refractivity contribution in [3.05, 3.63) is 0 Å². The van der Waals surface area contributed by atoms with Crippen LogP contribution in [0, 0.1) is 5.92 Å². The Morgan fingerprint density at radius 1 is 1.09 bits per heavy atom. The number of amides is 1. The van der Waals surface area contributed by atoms with Crippen LogP contribution in [0.15, 0.2) is 0 Å². The summed E-state index contributed by atoms with van der Waals surface area (Å²) in [6, 6.07) is 0.679.